The Bertz CT molecular complexity index is 248. The second-order valence-electron chi connectivity index (χ2n) is 2.34. The smallest absolute Gasteiger partial charge is 0.218 e. The molecule has 0 bridgehead atoms. The number of aliphatic hydroxyl groups excluding tert-OH is 1. The standard InChI is InChI=1S/C8H11NO2/c1-6-3-7(5-10)8(11-2)9-4-6/h3-4,10H,5H2,1-2H3. The average molecular weight is 153 g/mol. The summed E-state index contributed by atoms with van der Waals surface area (Å²) in [5.41, 5.74) is 1.75. The SMILES string of the molecule is COc1ncc(C)cc1CO. The van der Waals surface area contributed by atoms with E-state index >= 15 is 0 Å². The van der Waals surface area contributed by atoms with Gasteiger partial charge in [-0.15, -0.1) is 0 Å². The molecule has 0 aliphatic heterocycles. The maximum absolute atomic E-state index is 8.85. The van der Waals surface area contributed by atoms with E-state index in [0.29, 0.717) is 5.88 Å². The molecular weight excluding hydrogens is 142 g/mol. The number of aliphatic hydroxyl groups is 1. The molecule has 0 saturated carbocycles. The van der Waals surface area contributed by atoms with Crippen LogP contribution in [0.5, 0.6) is 5.88 Å². The van der Waals surface area contributed by atoms with Gasteiger partial charge in [-0.3, -0.25) is 0 Å². The lowest BCUT2D eigenvalue weighted by molar-refractivity contribution is 0.271. The predicted octanol–water partition coefficient (Wildman–Crippen LogP) is 0.891. The Morgan fingerprint density at radius 2 is 2.36 bits per heavy atom. The maximum atomic E-state index is 8.85. The van der Waals surface area contributed by atoms with Crippen LogP contribution >= 0.6 is 0 Å². The van der Waals surface area contributed by atoms with Gasteiger partial charge in [0.2, 0.25) is 5.88 Å². The maximum Gasteiger partial charge on any atom is 0.218 e. The third-order valence-corrected chi connectivity index (χ3v) is 1.43. The molecule has 0 fully saturated rings. The summed E-state index contributed by atoms with van der Waals surface area (Å²) in [5.74, 6) is 0.498. The second kappa shape index (κ2) is 3.34. The predicted molar refractivity (Wildman–Crippen MR) is 41.4 cm³/mol. The lowest BCUT2D eigenvalue weighted by Crippen LogP contribution is -1.95. The van der Waals surface area contributed by atoms with Gasteiger partial charge in [-0.25, -0.2) is 4.98 Å². The molecule has 0 atom stereocenters. The van der Waals surface area contributed by atoms with Crippen molar-refractivity contribution in [3.05, 3.63) is 23.4 Å². The van der Waals surface area contributed by atoms with Gasteiger partial charge in [0.25, 0.3) is 0 Å². The molecule has 0 aliphatic carbocycles. The zero-order chi connectivity index (χ0) is 8.27. The van der Waals surface area contributed by atoms with E-state index in [1.807, 2.05) is 13.0 Å². The molecule has 0 saturated heterocycles. The Labute approximate surface area is 65.7 Å². The van der Waals surface area contributed by atoms with Crippen LogP contribution in [0, 0.1) is 6.92 Å². The zero-order valence-electron chi connectivity index (χ0n) is 6.66. The van der Waals surface area contributed by atoms with Crippen molar-refractivity contribution in [1.29, 1.82) is 0 Å². The highest BCUT2D eigenvalue weighted by Gasteiger charge is 2.01. The van der Waals surface area contributed by atoms with Gasteiger partial charge in [-0.2, -0.15) is 0 Å². The van der Waals surface area contributed by atoms with E-state index in [0.717, 1.165) is 11.1 Å². The summed E-state index contributed by atoms with van der Waals surface area (Å²) < 4.78 is 4.92. The van der Waals surface area contributed by atoms with Crippen LogP contribution in [0.25, 0.3) is 0 Å². The number of nitrogens with zero attached hydrogens (tertiary/aromatic N) is 1. The van der Waals surface area contributed by atoms with Gasteiger partial charge in [-0.05, 0) is 18.6 Å². The van der Waals surface area contributed by atoms with Crippen LogP contribution in [-0.2, 0) is 6.61 Å². The zero-order valence-corrected chi connectivity index (χ0v) is 6.66. The van der Waals surface area contributed by atoms with Crippen LogP contribution in [-0.4, -0.2) is 17.2 Å². The molecule has 0 spiro atoms. The Kier molecular flexibility index (Phi) is 2.44. The van der Waals surface area contributed by atoms with Gasteiger partial charge in [0, 0.05) is 11.8 Å². The van der Waals surface area contributed by atoms with Gasteiger partial charge in [0.15, 0.2) is 0 Å². The van der Waals surface area contributed by atoms with Gasteiger partial charge in [-0.1, -0.05) is 0 Å². The van der Waals surface area contributed by atoms with Crippen molar-refractivity contribution < 1.29 is 9.84 Å². The monoisotopic (exact) mass is 153 g/mol. The number of ether oxygens (including phenoxy) is 1. The highest BCUT2D eigenvalue weighted by Crippen LogP contribution is 2.14. The fourth-order valence-electron chi connectivity index (χ4n) is 0.914. The number of hydrogen-bond acceptors (Lipinski definition) is 3. The van der Waals surface area contributed by atoms with Crippen LogP contribution in [0.3, 0.4) is 0 Å². The number of aryl methyl sites for hydroxylation is 1. The minimum atomic E-state index is -0.0299. The lowest BCUT2D eigenvalue weighted by Gasteiger charge is -2.04. The highest BCUT2D eigenvalue weighted by atomic mass is 16.5. The van der Waals surface area contributed by atoms with E-state index in [4.69, 9.17) is 9.84 Å². The quantitative estimate of drug-likeness (QED) is 0.686. The molecule has 0 amide bonds. The molecule has 11 heavy (non-hydrogen) atoms. The summed E-state index contributed by atoms with van der Waals surface area (Å²) in [6.45, 7) is 1.89. The molecule has 0 aromatic carbocycles. The minimum Gasteiger partial charge on any atom is -0.481 e. The molecule has 3 heteroatoms. The third-order valence-electron chi connectivity index (χ3n) is 1.43. The number of pyridine rings is 1. The largest absolute Gasteiger partial charge is 0.481 e. The normalized spacial score (nSPS) is 9.73. The van der Waals surface area contributed by atoms with Crippen molar-refractivity contribution >= 4 is 0 Å². The van der Waals surface area contributed by atoms with Gasteiger partial charge < -0.3 is 9.84 Å². The fourth-order valence-corrected chi connectivity index (χ4v) is 0.914. The summed E-state index contributed by atoms with van der Waals surface area (Å²) in [7, 11) is 1.54. The van der Waals surface area contributed by atoms with Crippen molar-refractivity contribution in [1.82, 2.24) is 4.98 Å². The number of rotatable bonds is 2. The molecule has 1 aromatic heterocycles. The molecule has 1 N–H and O–H groups in total. The minimum absolute atomic E-state index is 0.0299. The molecule has 0 aliphatic rings. The molecule has 1 heterocycles. The lowest BCUT2D eigenvalue weighted by atomic mass is 10.2. The van der Waals surface area contributed by atoms with Crippen LogP contribution in [0.2, 0.25) is 0 Å². The molecule has 3 nitrogen and oxygen atoms in total. The number of methoxy groups -OCH3 is 1. The van der Waals surface area contributed by atoms with Gasteiger partial charge in [0.05, 0.1) is 13.7 Å². The first-order chi connectivity index (χ1) is 5.27. The fraction of sp³-hybridized carbons (Fsp3) is 0.375. The van der Waals surface area contributed by atoms with E-state index in [2.05, 4.69) is 4.98 Å². The summed E-state index contributed by atoms with van der Waals surface area (Å²) in [4.78, 5) is 3.99. The number of hydrogen-bond donors (Lipinski definition) is 1. The molecule has 0 radical (unpaired) electrons. The summed E-state index contributed by atoms with van der Waals surface area (Å²) in [5, 5.41) is 8.85. The van der Waals surface area contributed by atoms with Crippen molar-refractivity contribution in [3.8, 4) is 5.88 Å². The van der Waals surface area contributed by atoms with Crippen LogP contribution < -0.4 is 4.74 Å². The van der Waals surface area contributed by atoms with Crippen molar-refractivity contribution in [2.45, 2.75) is 13.5 Å². The molecular formula is C8H11NO2. The van der Waals surface area contributed by atoms with Crippen LogP contribution in [0.1, 0.15) is 11.1 Å². The van der Waals surface area contributed by atoms with Gasteiger partial charge in [0.1, 0.15) is 0 Å². The summed E-state index contributed by atoms with van der Waals surface area (Å²) >= 11 is 0. The molecule has 1 aromatic rings. The van der Waals surface area contributed by atoms with Crippen LogP contribution in [0.15, 0.2) is 12.3 Å². The van der Waals surface area contributed by atoms with Crippen molar-refractivity contribution in [3.63, 3.8) is 0 Å². The third kappa shape index (κ3) is 1.68. The van der Waals surface area contributed by atoms with Crippen molar-refractivity contribution in [2.24, 2.45) is 0 Å². The summed E-state index contributed by atoms with van der Waals surface area (Å²) in [6.07, 6.45) is 1.71. The Morgan fingerprint density at radius 1 is 1.64 bits per heavy atom. The number of aromatic nitrogens is 1. The summed E-state index contributed by atoms with van der Waals surface area (Å²) in [6, 6.07) is 1.85. The topological polar surface area (TPSA) is 42.4 Å². The van der Waals surface area contributed by atoms with E-state index in [1.54, 1.807) is 6.20 Å². The molecule has 1 rings (SSSR count). The average Bonchev–Trinajstić information content (AvgIpc) is 2.04. The second-order valence-corrected chi connectivity index (χ2v) is 2.34. The van der Waals surface area contributed by atoms with E-state index < -0.39 is 0 Å². The molecule has 0 unspecified atom stereocenters. The van der Waals surface area contributed by atoms with Crippen molar-refractivity contribution in [2.75, 3.05) is 7.11 Å². The Balaban J connectivity index is 3.06. The highest BCUT2D eigenvalue weighted by molar-refractivity contribution is 5.28. The molecule has 60 valence electrons. The van der Waals surface area contributed by atoms with E-state index in [1.165, 1.54) is 7.11 Å². The van der Waals surface area contributed by atoms with Crippen LogP contribution in [0.4, 0.5) is 0 Å². The first-order valence-corrected chi connectivity index (χ1v) is 3.38. The van der Waals surface area contributed by atoms with Gasteiger partial charge >= 0.3 is 0 Å². The Hall–Kier alpha value is -1.09. The first kappa shape index (κ1) is 8.01. The Morgan fingerprint density at radius 3 is 2.91 bits per heavy atom. The first-order valence-electron chi connectivity index (χ1n) is 3.38. The van der Waals surface area contributed by atoms with E-state index in [9.17, 15) is 0 Å². The van der Waals surface area contributed by atoms with E-state index in [-0.39, 0.29) is 6.61 Å².